The smallest absolute Gasteiger partial charge is 0.255 e. The fourth-order valence-corrected chi connectivity index (χ4v) is 11.4. The molecule has 3 aliphatic carbocycles. The Morgan fingerprint density at radius 3 is 1.82 bits per heavy atom. The molecule has 1 saturated carbocycles. The number of ether oxygens (including phenoxy) is 1. The van der Waals surface area contributed by atoms with E-state index in [0.717, 1.165) is 67.2 Å². The van der Waals surface area contributed by atoms with Crippen LogP contribution in [0.2, 0.25) is 0 Å². The van der Waals surface area contributed by atoms with Crippen LogP contribution >= 0.6 is 0 Å². The summed E-state index contributed by atoms with van der Waals surface area (Å²) in [5, 5.41) is 19.7. The first-order chi connectivity index (χ1) is 37.4. The van der Waals surface area contributed by atoms with Crippen LogP contribution in [0.4, 0.5) is 0 Å². The van der Waals surface area contributed by atoms with Crippen LogP contribution in [0, 0.1) is 17.3 Å². The van der Waals surface area contributed by atoms with Crippen LogP contribution in [0.5, 0.6) is 5.75 Å². The monoisotopic (exact) mass is 1070 g/mol. The number of hydrogen-bond acceptors (Lipinski definition) is 10. The Morgan fingerprint density at radius 1 is 0.654 bits per heavy atom. The van der Waals surface area contributed by atoms with Crippen molar-refractivity contribution in [2.24, 2.45) is 17.3 Å². The molecule has 9 atom stereocenters. The highest BCUT2D eigenvalue weighted by molar-refractivity contribution is 5.96. The Labute approximate surface area is 459 Å². The Bertz CT molecular complexity index is 2800. The third-order valence-corrected chi connectivity index (χ3v) is 16.2. The minimum absolute atomic E-state index is 0.0768. The molecular formula is C61H79N9O8. The van der Waals surface area contributed by atoms with Crippen LogP contribution in [0.15, 0.2) is 97.1 Å². The number of aryl methyl sites for hydroxylation is 2. The minimum Gasteiger partial charge on any atom is -0.489 e. The van der Waals surface area contributed by atoms with Gasteiger partial charge in [0.1, 0.15) is 24.4 Å². The molecule has 78 heavy (non-hydrogen) atoms. The van der Waals surface area contributed by atoms with E-state index in [4.69, 9.17) is 4.74 Å². The summed E-state index contributed by atoms with van der Waals surface area (Å²) >= 11 is 0. The van der Waals surface area contributed by atoms with E-state index in [1.54, 1.807) is 64.3 Å². The number of nitrogens with one attached hydrogen (secondary N) is 7. The summed E-state index contributed by atoms with van der Waals surface area (Å²) in [6.45, 7) is 9.39. The van der Waals surface area contributed by atoms with E-state index in [2.05, 4.69) is 55.5 Å². The highest BCUT2D eigenvalue weighted by Crippen LogP contribution is 2.37. The second kappa shape index (κ2) is 25.6. The average Bonchev–Trinajstić information content (AvgIpc) is 4.12. The predicted molar refractivity (Wildman–Crippen MR) is 297 cm³/mol. The summed E-state index contributed by atoms with van der Waals surface area (Å²) in [4.78, 5) is 98.9. The van der Waals surface area contributed by atoms with Crippen molar-refractivity contribution in [1.82, 2.24) is 47.2 Å². The maximum atomic E-state index is 14.6. The molecule has 1 unspecified atom stereocenters. The van der Waals surface area contributed by atoms with Crippen molar-refractivity contribution in [3.63, 3.8) is 0 Å². The number of hydrazine groups is 1. The summed E-state index contributed by atoms with van der Waals surface area (Å²) in [6, 6.07) is 26.7. The van der Waals surface area contributed by atoms with Crippen LogP contribution in [-0.2, 0) is 54.8 Å². The summed E-state index contributed by atoms with van der Waals surface area (Å²) in [5.74, 6) is -2.72. The lowest BCUT2D eigenvalue weighted by Crippen LogP contribution is -2.59. The van der Waals surface area contributed by atoms with Gasteiger partial charge in [-0.1, -0.05) is 100.0 Å². The van der Waals surface area contributed by atoms with Crippen LogP contribution in [0.1, 0.15) is 142 Å². The molecule has 2 fully saturated rings. The Morgan fingerprint density at radius 2 is 1.22 bits per heavy atom. The molecule has 1 heterocycles. The van der Waals surface area contributed by atoms with Gasteiger partial charge >= 0.3 is 0 Å². The van der Waals surface area contributed by atoms with Gasteiger partial charge in [-0.05, 0) is 149 Å². The van der Waals surface area contributed by atoms with Crippen molar-refractivity contribution in [1.29, 1.82) is 0 Å². The third kappa shape index (κ3) is 13.8. The molecule has 17 nitrogen and oxygen atoms in total. The van der Waals surface area contributed by atoms with Crippen molar-refractivity contribution in [3.8, 4) is 5.75 Å². The first kappa shape index (κ1) is 57.1. The Hall–Kier alpha value is -7.11. The molecule has 416 valence electrons. The lowest BCUT2D eigenvalue weighted by atomic mass is 9.85. The van der Waals surface area contributed by atoms with Crippen LogP contribution < -0.4 is 42.1 Å². The lowest BCUT2D eigenvalue weighted by molar-refractivity contribution is -0.148. The first-order valence-electron chi connectivity index (χ1n) is 27.9. The van der Waals surface area contributed by atoms with Crippen molar-refractivity contribution in [2.75, 3.05) is 20.6 Å². The van der Waals surface area contributed by atoms with Gasteiger partial charge in [-0.15, -0.1) is 0 Å². The largest absolute Gasteiger partial charge is 0.489 e. The maximum absolute atomic E-state index is 14.6. The van der Waals surface area contributed by atoms with Gasteiger partial charge in [0.25, 0.3) is 11.8 Å². The predicted octanol–water partition coefficient (Wildman–Crippen LogP) is 5.88. The van der Waals surface area contributed by atoms with Gasteiger partial charge in [-0.2, -0.15) is 0 Å². The summed E-state index contributed by atoms with van der Waals surface area (Å²) in [7, 11) is 3.35. The molecule has 0 aromatic heterocycles. The molecule has 1 aliphatic heterocycles. The number of carbonyl (C=O) groups excluding carboxylic acids is 7. The van der Waals surface area contributed by atoms with E-state index in [9.17, 15) is 33.6 Å². The average molecular weight is 1070 g/mol. The molecule has 1 saturated heterocycles. The van der Waals surface area contributed by atoms with E-state index in [1.807, 2.05) is 63.2 Å². The lowest BCUT2D eigenvalue weighted by Gasteiger charge is -2.36. The normalized spacial score (nSPS) is 21.9. The molecule has 4 aromatic rings. The van der Waals surface area contributed by atoms with Gasteiger partial charge in [0.2, 0.25) is 29.5 Å². The van der Waals surface area contributed by atoms with Crippen molar-refractivity contribution in [3.05, 3.63) is 136 Å². The third-order valence-electron chi connectivity index (χ3n) is 16.2. The number of carbonyl (C=O) groups is 7. The van der Waals surface area contributed by atoms with Gasteiger partial charge in [0.05, 0.1) is 36.6 Å². The highest BCUT2D eigenvalue weighted by Gasteiger charge is 2.46. The van der Waals surface area contributed by atoms with E-state index in [0.29, 0.717) is 24.2 Å². The summed E-state index contributed by atoms with van der Waals surface area (Å²) in [5.41, 5.74) is 8.72. The SMILES string of the molecule is CN[C@@H](C)C(=O)N[C@H](C(=O)N1C[C@@H](NC(=O)c2ccc(COc3ccc(CN(NC(=O)[C@H](C)NC)C(=O)[C@H]4CCC[C@H]4C(=O)N[C@@H]4CCCc5ccccc54)cc3)cc2)CC1C(=O)N[C@@H]1CCCc2ccccc21)C(C)(C)C. The van der Waals surface area contributed by atoms with Crippen molar-refractivity contribution < 1.29 is 38.3 Å². The maximum Gasteiger partial charge on any atom is 0.255 e. The van der Waals surface area contributed by atoms with Gasteiger partial charge < -0.3 is 41.5 Å². The molecule has 8 rings (SSSR count). The zero-order valence-corrected chi connectivity index (χ0v) is 46.3. The summed E-state index contributed by atoms with van der Waals surface area (Å²) in [6.07, 6.45) is 7.47. The number of benzene rings is 4. The molecule has 4 aliphatic rings. The molecule has 0 radical (unpaired) electrons. The van der Waals surface area contributed by atoms with Crippen LogP contribution in [-0.4, -0.2) is 102 Å². The van der Waals surface area contributed by atoms with E-state index in [-0.39, 0.29) is 73.6 Å². The van der Waals surface area contributed by atoms with Gasteiger partial charge in [-0.25, -0.2) is 5.01 Å². The first-order valence-corrected chi connectivity index (χ1v) is 27.9. The molecule has 0 bridgehead atoms. The number of likely N-dealkylation sites (N-methyl/N-ethyl adjacent to an activating group) is 2. The van der Waals surface area contributed by atoms with Gasteiger partial charge in [0.15, 0.2) is 0 Å². The molecule has 4 aromatic carbocycles. The van der Waals surface area contributed by atoms with E-state index < -0.39 is 53.4 Å². The van der Waals surface area contributed by atoms with E-state index >= 15 is 0 Å². The van der Waals surface area contributed by atoms with Crippen LogP contribution in [0.25, 0.3) is 0 Å². The topological polar surface area (TPSA) is 219 Å². The quantitative estimate of drug-likeness (QED) is 0.0588. The van der Waals surface area contributed by atoms with Crippen molar-refractivity contribution >= 4 is 41.4 Å². The molecule has 0 spiro atoms. The number of amides is 7. The van der Waals surface area contributed by atoms with Gasteiger partial charge in [-0.3, -0.25) is 39.0 Å². The zero-order chi connectivity index (χ0) is 55.7. The van der Waals surface area contributed by atoms with Gasteiger partial charge in [0, 0.05) is 24.1 Å². The Kier molecular flexibility index (Phi) is 18.7. The molecule has 7 N–H and O–H groups in total. The number of hydrogen-bond donors (Lipinski definition) is 7. The van der Waals surface area contributed by atoms with E-state index in [1.165, 1.54) is 21.0 Å². The fraction of sp³-hybridized carbons (Fsp3) is 0.492. The molecular weight excluding hydrogens is 987 g/mol. The Balaban J connectivity index is 0.886. The van der Waals surface area contributed by atoms with Crippen molar-refractivity contribution in [2.45, 2.75) is 154 Å². The zero-order valence-electron chi connectivity index (χ0n) is 46.3. The fourth-order valence-electron chi connectivity index (χ4n) is 11.4. The second-order valence-electron chi connectivity index (χ2n) is 22.7. The number of likely N-dealkylation sites (tertiary alicyclic amines) is 1. The van der Waals surface area contributed by atoms with Crippen LogP contribution in [0.3, 0.4) is 0 Å². The second-order valence-corrected chi connectivity index (χ2v) is 22.7. The number of rotatable bonds is 18. The molecule has 7 amide bonds. The minimum atomic E-state index is -0.941. The number of fused-ring (bicyclic) bond motifs is 2. The highest BCUT2D eigenvalue weighted by atomic mass is 16.5. The number of nitrogens with zero attached hydrogens (tertiary/aromatic N) is 2. The molecule has 17 heteroatoms. The summed E-state index contributed by atoms with van der Waals surface area (Å²) < 4.78 is 6.14. The standard InChI is InChI=1S/C61H79N9O8/c1-37(62-6)54(71)67-53(61(3,4)5)60(77)69-35-44(33-52(69)58(75)66-51-24-13-18-42-16-9-11-20-47(42)51)64-56(73)43-29-25-40(26-30-43)36-78-45-31-27-39(28-32-45)34-70(68-55(72)38(2)63-7)59(76)49-22-14-21-48(49)57(74)65-50-23-12-17-41-15-8-10-19-46(41)50/h8-11,15-16,19-20,25-32,37-38,44,48-53,62-63H,12-14,17-18,21-24,33-36H2,1-7H3,(H,64,73)(H,65,74)(H,66,75)(H,67,71)(H,68,72)/t37-,38-,44-,48+,49-,50+,51+,52?,53+/m0/s1.